The predicted molar refractivity (Wildman–Crippen MR) is 89.8 cm³/mol. The van der Waals surface area contributed by atoms with Gasteiger partial charge in [0.05, 0.1) is 11.8 Å². The molecular formula is C16H23FN2O3S. The minimum atomic E-state index is -0.986. The zero-order valence-electron chi connectivity index (χ0n) is 13.4. The van der Waals surface area contributed by atoms with Crippen molar-refractivity contribution in [1.29, 1.82) is 0 Å². The number of urea groups is 1. The zero-order chi connectivity index (χ0) is 16.8. The summed E-state index contributed by atoms with van der Waals surface area (Å²) in [5.74, 6) is 0.319. The molecule has 0 aromatic heterocycles. The summed E-state index contributed by atoms with van der Waals surface area (Å²) in [6.45, 7) is 1.78. The number of anilines is 1. The normalized spacial score (nSPS) is 17.5. The number of hydrogen-bond acceptors (Lipinski definition) is 3. The molecule has 5 nitrogen and oxygen atoms in total. The lowest BCUT2D eigenvalue weighted by Crippen LogP contribution is -2.39. The fraction of sp³-hybridized carbons (Fsp3) is 0.562. The van der Waals surface area contributed by atoms with Crippen molar-refractivity contribution in [1.82, 2.24) is 5.32 Å². The third-order valence-corrected chi connectivity index (χ3v) is 4.62. The summed E-state index contributed by atoms with van der Waals surface area (Å²) in [5.41, 5.74) is 0.431. The number of benzene rings is 1. The van der Waals surface area contributed by atoms with Crippen LogP contribution in [0.1, 0.15) is 32.6 Å². The van der Waals surface area contributed by atoms with Crippen LogP contribution in [0.3, 0.4) is 0 Å². The molecule has 2 rings (SSSR count). The lowest BCUT2D eigenvalue weighted by atomic mass is 10.2. The molecule has 7 heteroatoms. The number of halogens is 1. The van der Waals surface area contributed by atoms with Gasteiger partial charge in [0.25, 0.3) is 0 Å². The topological polar surface area (TPSA) is 67.4 Å². The maximum Gasteiger partial charge on any atom is 0.319 e. The highest BCUT2D eigenvalue weighted by atomic mass is 32.2. The number of ether oxygens (including phenoxy) is 1. The van der Waals surface area contributed by atoms with Crippen molar-refractivity contribution in [2.45, 2.75) is 44.8 Å². The molecule has 0 unspecified atom stereocenters. The van der Waals surface area contributed by atoms with Gasteiger partial charge in [-0.3, -0.25) is 4.21 Å². The van der Waals surface area contributed by atoms with Gasteiger partial charge in [-0.1, -0.05) is 0 Å². The van der Waals surface area contributed by atoms with Crippen molar-refractivity contribution in [3.05, 3.63) is 24.0 Å². The number of rotatable bonds is 6. The van der Waals surface area contributed by atoms with Crippen LogP contribution < -0.4 is 15.4 Å². The maximum absolute atomic E-state index is 13.5. The highest BCUT2D eigenvalue weighted by Crippen LogP contribution is 2.30. The van der Waals surface area contributed by atoms with Gasteiger partial charge in [-0.25, -0.2) is 9.18 Å². The summed E-state index contributed by atoms with van der Waals surface area (Å²) in [5, 5.41) is 5.38. The highest BCUT2D eigenvalue weighted by Gasteiger charge is 2.19. The quantitative estimate of drug-likeness (QED) is 0.835. The van der Waals surface area contributed by atoms with Crippen LogP contribution in [0.5, 0.6) is 5.75 Å². The average molecular weight is 342 g/mol. The lowest BCUT2D eigenvalue weighted by molar-refractivity contribution is 0.210. The van der Waals surface area contributed by atoms with E-state index < -0.39 is 22.6 Å². The van der Waals surface area contributed by atoms with Crippen LogP contribution >= 0.6 is 0 Å². The van der Waals surface area contributed by atoms with Crippen LogP contribution in [-0.2, 0) is 10.8 Å². The van der Waals surface area contributed by atoms with E-state index >= 15 is 0 Å². The molecule has 1 aromatic rings. The first-order valence-electron chi connectivity index (χ1n) is 7.78. The van der Waals surface area contributed by atoms with Crippen molar-refractivity contribution >= 4 is 22.5 Å². The van der Waals surface area contributed by atoms with Gasteiger partial charge in [0.1, 0.15) is 11.6 Å². The third-order valence-electron chi connectivity index (χ3n) is 3.65. The van der Waals surface area contributed by atoms with E-state index in [-0.39, 0.29) is 12.1 Å². The van der Waals surface area contributed by atoms with Gasteiger partial charge in [0.2, 0.25) is 0 Å². The minimum Gasteiger partial charge on any atom is -0.488 e. The van der Waals surface area contributed by atoms with Crippen LogP contribution in [0, 0.1) is 5.82 Å². The second-order valence-electron chi connectivity index (χ2n) is 5.90. The first-order valence-corrected chi connectivity index (χ1v) is 9.50. The summed E-state index contributed by atoms with van der Waals surface area (Å²) >= 11 is 0. The molecule has 0 saturated heterocycles. The van der Waals surface area contributed by atoms with Crippen LogP contribution in [0.25, 0.3) is 0 Å². The highest BCUT2D eigenvalue weighted by molar-refractivity contribution is 7.84. The van der Waals surface area contributed by atoms with Crippen molar-refractivity contribution in [2.75, 3.05) is 17.3 Å². The Morgan fingerprint density at radius 1 is 1.43 bits per heavy atom. The van der Waals surface area contributed by atoms with Gasteiger partial charge in [0.15, 0.2) is 0 Å². The first kappa shape index (κ1) is 17.7. The molecule has 0 aliphatic heterocycles. The summed E-state index contributed by atoms with van der Waals surface area (Å²) in [6.07, 6.45) is 5.76. The van der Waals surface area contributed by atoms with E-state index in [2.05, 4.69) is 10.6 Å². The van der Waals surface area contributed by atoms with E-state index in [4.69, 9.17) is 4.74 Å². The van der Waals surface area contributed by atoms with Gasteiger partial charge in [-0.15, -0.1) is 0 Å². The Hall–Kier alpha value is -1.63. The summed E-state index contributed by atoms with van der Waals surface area (Å²) in [7, 11) is -0.986. The number of carbonyl (C=O) groups is 1. The number of hydrogen-bond donors (Lipinski definition) is 2. The third kappa shape index (κ3) is 5.82. The van der Waals surface area contributed by atoms with E-state index in [0.717, 1.165) is 25.7 Å². The summed E-state index contributed by atoms with van der Waals surface area (Å²) < 4.78 is 30.5. The Kier molecular flexibility index (Phi) is 6.38. The monoisotopic (exact) mass is 342 g/mol. The Bertz CT molecular complexity index is 576. The molecule has 0 heterocycles. The van der Waals surface area contributed by atoms with Crippen LogP contribution in [0.2, 0.25) is 0 Å². The molecule has 0 spiro atoms. The Labute approximate surface area is 138 Å². The van der Waals surface area contributed by atoms with Gasteiger partial charge in [-0.2, -0.15) is 0 Å². The Morgan fingerprint density at radius 3 is 2.78 bits per heavy atom. The Balaban J connectivity index is 2.00. The van der Waals surface area contributed by atoms with Gasteiger partial charge in [0, 0.05) is 34.9 Å². The second kappa shape index (κ2) is 8.29. The SMILES string of the molecule is C[C@@H](C[S@@](C)=O)NC(=O)Nc1ccc(F)cc1OC1CCCC1. The lowest BCUT2D eigenvalue weighted by Gasteiger charge is -2.18. The van der Waals surface area contributed by atoms with E-state index in [1.165, 1.54) is 18.2 Å². The van der Waals surface area contributed by atoms with Gasteiger partial charge < -0.3 is 15.4 Å². The van der Waals surface area contributed by atoms with Gasteiger partial charge >= 0.3 is 6.03 Å². The molecule has 1 aromatic carbocycles. The van der Waals surface area contributed by atoms with Crippen molar-refractivity contribution in [2.24, 2.45) is 0 Å². The summed E-state index contributed by atoms with van der Waals surface area (Å²) in [6, 6.07) is 3.41. The molecular weight excluding hydrogens is 319 g/mol. The number of carbonyl (C=O) groups excluding carboxylic acids is 1. The van der Waals surface area contributed by atoms with E-state index in [1.807, 2.05) is 0 Å². The molecule has 2 N–H and O–H groups in total. The molecule has 0 bridgehead atoms. The van der Waals surface area contributed by atoms with Gasteiger partial charge in [-0.05, 0) is 44.7 Å². The fourth-order valence-corrected chi connectivity index (χ4v) is 3.45. The molecule has 1 aliphatic carbocycles. The van der Waals surface area contributed by atoms with E-state index in [1.54, 1.807) is 13.2 Å². The minimum absolute atomic E-state index is 0.0712. The molecule has 2 atom stereocenters. The summed E-state index contributed by atoms with van der Waals surface area (Å²) in [4.78, 5) is 12.0. The standard InChI is InChI=1S/C16H23FN2O3S/c1-11(10-23(2)21)18-16(20)19-14-8-7-12(17)9-15(14)22-13-5-3-4-6-13/h7-9,11,13H,3-6,10H2,1-2H3,(H2,18,19,20)/t11-,23+/m0/s1. The molecule has 1 aliphatic rings. The van der Waals surface area contributed by atoms with Crippen LogP contribution in [0.4, 0.5) is 14.9 Å². The van der Waals surface area contributed by atoms with Crippen molar-refractivity contribution in [3.8, 4) is 5.75 Å². The molecule has 1 saturated carbocycles. The van der Waals surface area contributed by atoms with E-state index in [0.29, 0.717) is 17.2 Å². The van der Waals surface area contributed by atoms with Crippen LogP contribution in [-0.4, -0.2) is 34.4 Å². The zero-order valence-corrected chi connectivity index (χ0v) is 14.2. The van der Waals surface area contributed by atoms with Crippen molar-refractivity contribution in [3.63, 3.8) is 0 Å². The number of nitrogens with one attached hydrogen (secondary N) is 2. The maximum atomic E-state index is 13.5. The largest absolute Gasteiger partial charge is 0.488 e. The first-order chi connectivity index (χ1) is 10.9. The molecule has 0 radical (unpaired) electrons. The number of amides is 2. The van der Waals surface area contributed by atoms with E-state index in [9.17, 15) is 13.4 Å². The van der Waals surface area contributed by atoms with Crippen molar-refractivity contribution < 1.29 is 18.1 Å². The second-order valence-corrected chi connectivity index (χ2v) is 7.38. The molecule has 23 heavy (non-hydrogen) atoms. The molecule has 1 fully saturated rings. The Morgan fingerprint density at radius 2 is 2.13 bits per heavy atom. The smallest absolute Gasteiger partial charge is 0.319 e. The van der Waals surface area contributed by atoms with Crippen LogP contribution in [0.15, 0.2) is 18.2 Å². The molecule has 2 amide bonds. The molecule has 128 valence electrons. The fourth-order valence-electron chi connectivity index (χ4n) is 2.66. The predicted octanol–water partition coefficient (Wildman–Crippen LogP) is 3.04. The average Bonchev–Trinajstić information content (AvgIpc) is 2.93.